The Morgan fingerprint density at radius 2 is 2.21 bits per heavy atom. The number of halogens is 1. The number of benzene rings is 1. The molecule has 2 N–H and O–H groups in total. The Labute approximate surface area is 113 Å². The highest BCUT2D eigenvalue weighted by Gasteiger charge is 2.23. The molecule has 19 heavy (non-hydrogen) atoms. The molecule has 1 aromatic carbocycles. The molecular weight excluding hydrogens is 245 g/mol. The Kier molecular flexibility index (Phi) is 4.74. The van der Waals surface area contributed by atoms with Crippen molar-refractivity contribution in [2.24, 2.45) is 0 Å². The van der Waals surface area contributed by atoms with Crippen LogP contribution in [-0.2, 0) is 0 Å². The predicted octanol–water partition coefficient (Wildman–Crippen LogP) is 2.43. The number of carbonyl (C=O) groups excluding carboxylic acids is 1. The van der Waals surface area contributed by atoms with Gasteiger partial charge in [0.1, 0.15) is 5.82 Å². The van der Waals surface area contributed by atoms with Crippen molar-refractivity contribution in [3.63, 3.8) is 0 Å². The van der Waals surface area contributed by atoms with Crippen LogP contribution in [-0.4, -0.2) is 36.6 Å². The second-order valence-electron chi connectivity index (χ2n) is 4.72. The molecule has 1 heterocycles. The summed E-state index contributed by atoms with van der Waals surface area (Å²) < 4.78 is 12.8. The molecule has 0 radical (unpaired) electrons. The highest BCUT2D eigenvalue weighted by atomic mass is 19.1. The van der Waals surface area contributed by atoms with Crippen LogP contribution in [0.2, 0.25) is 0 Å². The van der Waals surface area contributed by atoms with Gasteiger partial charge in [-0.1, -0.05) is 0 Å². The van der Waals surface area contributed by atoms with Crippen LogP contribution in [0, 0.1) is 5.82 Å². The fraction of sp³-hybridized carbons (Fsp3) is 0.500. The van der Waals surface area contributed by atoms with Crippen molar-refractivity contribution in [1.82, 2.24) is 10.2 Å². The van der Waals surface area contributed by atoms with E-state index in [0.29, 0.717) is 12.2 Å². The Hall–Kier alpha value is -1.62. The first-order chi connectivity index (χ1) is 9.20. The van der Waals surface area contributed by atoms with Crippen LogP contribution in [0.4, 0.5) is 14.9 Å². The molecule has 1 fully saturated rings. The Morgan fingerprint density at radius 1 is 1.47 bits per heavy atom. The second kappa shape index (κ2) is 6.52. The first kappa shape index (κ1) is 13.8. The van der Waals surface area contributed by atoms with E-state index in [1.54, 1.807) is 12.1 Å². The molecule has 1 unspecified atom stereocenters. The molecule has 0 spiro atoms. The van der Waals surface area contributed by atoms with E-state index in [0.717, 1.165) is 25.9 Å². The van der Waals surface area contributed by atoms with Crippen molar-refractivity contribution in [2.45, 2.75) is 25.8 Å². The monoisotopic (exact) mass is 265 g/mol. The van der Waals surface area contributed by atoms with Crippen molar-refractivity contribution in [3.05, 3.63) is 30.1 Å². The maximum absolute atomic E-state index is 12.8. The second-order valence-corrected chi connectivity index (χ2v) is 4.72. The van der Waals surface area contributed by atoms with Gasteiger partial charge in [-0.05, 0) is 50.6 Å². The number of likely N-dealkylation sites (N-methyl/N-ethyl adjacent to an activating group) is 1. The van der Waals surface area contributed by atoms with E-state index in [2.05, 4.69) is 10.6 Å². The molecule has 104 valence electrons. The minimum atomic E-state index is -0.304. The van der Waals surface area contributed by atoms with E-state index in [1.807, 2.05) is 11.8 Å². The summed E-state index contributed by atoms with van der Waals surface area (Å²) >= 11 is 0. The Balaban J connectivity index is 1.97. The number of nitrogens with one attached hydrogen (secondary N) is 2. The number of amides is 2. The quantitative estimate of drug-likeness (QED) is 0.881. The summed E-state index contributed by atoms with van der Waals surface area (Å²) in [7, 11) is 0. The molecular formula is C14H20FN3O. The van der Waals surface area contributed by atoms with E-state index in [-0.39, 0.29) is 17.9 Å². The number of hydrogen-bond acceptors (Lipinski definition) is 2. The first-order valence-electron chi connectivity index (χ1n) is 6.74. The number of anilines is 1. The van der Waals surface area contributed by atoms with Crippen LogP contribution in [0.15, 0.2) is 24.3 Å². The summed E-state index contributed by atoms with van der Waals surface area (Å²) in [6.07, 6.45) is 2.11. The fourth-order valence-electron chi connectivity index (χ4n) is 2.40. The van der Waals surface area contributed by atoms with Gasteiger partial charge in [-0.3, -0.25) is 0 Å². The van der Waals surface area contributed by atoms with Crippen LogP contribution in [0.3, 0.4) is 0 Å². The number of rotatable bonds is 3. The number of urea groups is 1. The molecule has 2 rings (SSSR count). The first-order valence-corrected chi connectivity index (χ1v) is 6.74. The summed E-state index contributed by atoms with van der Waals surface area (Å²) in [6.45, 7) is 4.50. The lowest BCUT2D eigenvalue weighted by molar-refractivity contribution is 0.177. The summed E-state index contributed by atoms with van der Waals surface area (Å²) in [5.74, 6) is -0.304. The topological polar surface area (TPSA) is 44.4 Å². The molecule has 2 amide bonds. The smallest absolute Gasteiger partial charge is 0.321 e. The molecule has 0 saturated carbocycles. The normalized spacial score (nSPS) is 18.9. The van der Waals surface area contributed by atoms with Gasteiger partial charge in [0.05, 0.1) is 0 Å². The summed E-state index contributed by atoms with van der Waals surface area (Å²) in [4.78, 5) is 14.1. The highest BCUT2D eigenvalue weighted by molar-refractivity contribution is 5.89. The van der Waals surface area contributed by atoms with Gasteiger partial charge in [-0.25, -0.2) is 9.18 Å². The van der Waals surface area contributed by atoms with Crippen molar-refractivity contribution in [2.75, 3.05) is 25.0 Å². The number of hydrogen-bond donors (Lipinski definition) is 2. The third-order valence-corrected chi connectivity index (χ3v) is 3.41. The summed E-state index contributed by atoms with van der Waals surface area (Å²) in [6, 6.07) is 5.93. The lowest BCUT2D eigenvalue weighted by Crippen LogP contribution is -2.50. The van der Waals surface area contributed by atoms with Gasteiger partial charge in [0.15, 0.2) is 0 Å². The average molecular weight is 265 g/mol. The lowest BCUT2D eigenvalue weighted by Gasteiger charge is -2.33. The minimum Gasteiger partial charge on any atom is -0.321 e. The van der Waals surface area contributed by atoms with Gasteiger partial charge in [0, 0.05) is 24.8 Å². The third-order valence-electron chi connectivity index (χ3n) is 3.41. The van der Waals surface area contributed by atoms with E-state index in [4.69, 9.17) is 0 Å². The van der Waals surface area contributed by atoms with Gasteiger partial charge in [-0.2, -0.15) is 0 Å². The molecule has 1 aliphatic rings. The molecule has 1 aromatic rings. The van der Waals surface area contributed by atoms with Crippen molar-refractivity contribution >= 4 is 11.7 Å². The largest absolute Gasteiger partial charge is 0.322 e. The van der Waals surface area contributed by atoms with Crippen molar-refractivity contribution < 1.29 is 9.18 Å². The molecule has 1 atom stereocenters. The van der Waals surface area contributed by atoms with E-state index >= 15 is 0 Å². The molecule has 0 aromatic heterocycles. The van der Waals surface area contributed by atoms with E-state index < -0.39 is 0 Å². The predicted molar refractivity (Wildman–Crippen MR) is 73.7 cm³/mol. The molecule has 1 aliphatic heterocycles. The van der Waals surface area contributed by atoms with Crippen molar-refractivity contribution in [3.8, 4) is 0 Å². The lowest BCUT2D eigenvalue weighted by atomic mass is 10.1. The van der Waals surface area contributed by atoms with Gasteiger partial charge in [0.2, 0.25) is 0 Å². The van der Waals surface area contributed by atoms with Crippen molar-refractivity contribution in [1.29, 1.82) is 0 Å². The summed E-state index contributed by atoms with van der Waals surface area (Å²) in [5, 5.41) is 6.11. The van der Waals surface area contributed by atoms with Gasteiger partial charge < -0.3 is 15.5 Å². The zero-order chi connectivity index (χ0) is 13.7. The zero-order valence-electron chi connectivity index (χ0n) is 11.2. The molecule has 1 saturated heterocycles. The van der Waals surface area contributed by atoms with E-state index in [1.165, 1.54) is 12.1 Å². The van der Waals surface area contributed by atoms with Crippen LogP contribution >= 0.6 is 0 Å². The van der Waals surface area contributed by atoms with Gasteiger partial charge in [-0.15, -0.1) is 0 Å². The van der Waals surface area contributed by atoms with Crippen LogP contribution in [0.5, 0.6) is 0 Å². The summed E-state index contributed by atoms with van der Waals surface area (Å²) in [5.41, 5.74) is 0.619. The maximum Gasteiger partial charge on any atom is 0.322 e. The Bertz CT molecular complexity index is 415. The van der Waals surface area contributed by atoms with E-state index in [9.17, 15) is 9.18 Å². The molecule has 0 bridgehead atoms. The standard InChI is InChI=1S/C14H20FN3O/c1-2-18(13-4-3-9-16-10-13)14(19)17-12-7-5-11(15)6-8-12/h5-8,13,16H,2-4,9-10H2,1H3,(H,17,19). The van der Waals surface area contributed by atoms with Gasteiger partial charge in [0.25, 0.3) is 0 Å². The zero-order valence-corrected chi connectivity index (χ0v) is 11.2. The van der Waals surface area contributed by atoms with Crippen LogP contribution in [0.1, 0.15) is 19.8 Å². The van der Waals surface area contributed by atoms with Crippen LogP contribution in [0.25, 0.3) is 0 Å². The van der Waals surface area contributed by atoms with Crippen LogP contribution < -0.4 is 10.6 Å². The maximum atomic E-state index is 12.8. The number of nitrogens with zero attached hydrogens (tertiary/aromatic N) is 1. The molecule has 5 heteroatoms. The number of carbonyl (C=O) groups is 1. The molecule has 0 aliphatic carbocycles. The average Bonchev–Trinajstić information content (AvgIpc) is 2.43. The SMILES string of the molecule is CCN(C(=O)Nc1ccc(F)cc1)C1CCCNC1. The number of piperidine rings is 1. The minimum absolute atomic E-state index is 0.122. The third kappa shape index (κ3) is 3.67. The fourth-order valence-corrected chi connectivity index (χ4v) is 2.40. The Morgan fingerprint density at radius 3 is 2.79 bits per heavy atom. The molecule has 4 nitrogen and oxygen atoms in total. The highest BCUT2D eigenvalue weighted by Crippen LogP contribution is 2.14. The van der Waals surface area contributed by atoms with Gasteiger partial charge >= 0.3 is 6.03 Å².